The molecule has 120 valence electrons. The predicted octanol–water partition coefficient (Wildman–Crippen LogP) is 4.04. The number of fused-ring (bicyclic) bond motifs is 3. The molecule has 4 nitrogen and oxygen atoms in total. The Bertz CT molecular complexity index is 716. The molecule has 4 heteroatoms. The summed E-state index contributed by atoms with van der Waals surface area (Å²) >= 11 is 0. The second-order valence-electron chi connectivity index (χ2n) is 6.27. The van der Waals surface area contributed by atoms with Crippen LogP contribution in [0.15, 0.2) is 42.5 Å². The number of hydrogen-bond donors (Lipinski definition) is 2. The number of methoxy groups -OCH3 is 1. The van der Waals surface area contributed by atoms with Crippen molar-refractivity contribution in [1.82, 2.24) is 0 Å². The van der Waals surface area contributed by atoms with E-state index < -0.39 is 0 Å². The molecule has 1 saturated heterocycles. The summed E-state index contributed by atoms with van der Waals surface area (Å²) < 4.78 is 11.5. The van der Waals surface area contributed by atoms with Crippen LogP contribution in [-0.4, -0.2) is 18.8 Å². The van der Waals surface area contributed by atoms with E-state index in [2.05, 4.69) is 23.5 Å². The molecule has 0 saturated carbocycles. The standard InChI is InChI=1S/C19H21NO3/c1-22-14-7-8-17-16(11-14)19-15(6-3-9-23-19)18(20-17)12-4-2-5-13(21)10-12/h2,4-5,7-8,10-11,15,18-21H,3,6,9H2,1H3. The number of anilines is 1. The highest BCUT2D eigenvalue weighted by molar-refractivity contribution is 5.59. The Morgan fingerprint density at radius 1 is 1.22 bits per heavy atom. The quantitative estimate of drug-likeness (QED) is 0.879. The van der Waals surface area contributed by atoms with E-state index in [1.54, 1.807) is 13.2 Å². The number of aromatic hydroxyl groups is 1. The summed E-state index contributed by atoms with van der Waals surface area (Å²) in [6.07, 6.45) is 2.24. The Hall–Kier alpha value is -2.20. The Morgan fingerprint density at radius 3 is 2.96 bits per heavy atom. The monoisotopic (exact) mass is 311 g/mol. The lowest BCUT2D eigenvalue weighted by Crippen LogP contribution is -2.35. The van der Waals surface area contributed by atoms with E-state index in [0.717, 1.165) is 36.4 Å². The van der Waals surface area contributed by atoms with Crippen LogP contribution in [0, 0.1) is 5.92 Å². The van der Waals surface area contributed by atoms with E-state index in [1.165, 1.54) is 5.56 Å². The molecule has 0 amide bonds. The molecule has 2 aromatic rings. The first-order chi connectivity index (χ1) is 11.3. The van der Waals surface area contributed by atoms with Crippen molar-refractivity contribution in [2.45, 2.75) is 25.0 Å². The molecular formula is C19H21NO3. The highest BCUT2D eigenvalue weighted by atomic mass is 16.5. The van der Waals surface area contributed by atoms with Gasteiger partial charge >= 0.3 is 0 Å². The maximum Gasteiger partial charge on any atom is 0.119 e. The van der Waals surface area contributed by atoms with Gasteiger partial charge in [-0.1, -0.05) is 12.1 Å². The van der Waals surface area contributed by atoms with Crippen molar-refractivity contribution < 1.29 is 14.6 Å². The van der Waals surface area contributed by atoms with E-state index in [9.17, 15) is 5.11 Å². The summed E-state index contributed by atoms with van der Waals surface area (Å²) in [6.45, 7) is 0.796. The molecule has 4 rings (SSSR count). The van der Waals surface area contributed by atoms with Crippen LogP contribution in [-0.2, 0) is 4.74 Å². The molecule has 2 aromatic carbocycles. The van der Waals surface area contributed by atoms with Gasteiger partial charge in [0.15, 0.2) is 0 Å². The molecule has 2 aliphatic heterocycles. The molecule has 0 spiro atoms. The molecule has 2 heterocycles. The van der Waals surface area contributed by atoms with Crippen LogP contribution in [0.5, 0.6) is 11.5 Å². The molecule has 3 unspecified atom stereocenters. The van der Waals surface area contributed by atoms with Crippen LogP contribution in [0.3, 0.4) is 0 Å². The second kappa shape index (κ2) is 5.78. The number of ether oxygens (including phenoxy) is 2. The predicted molar refractivity (Wildman–Crippen MR) is 88.9 cm³/mol. The van der Waals surface area contributed by atoms with Crippen LogP contribution >= 0.6 is 0 Å². The second-order valence-corrected chi connectivity index (χ2v) is 6.27. The Labute approximate surface area is 136 Å². The van der Waals surface area contributed by atoms with Gasteiger partial charge in [0.25, 0.3) is 0 Å². The van der Waals surface area contributed by atoms with Gasteiger partial charge in [0.2, 0.25) is 0 Å². The fraction of sp³-hybridized carbons (Fsp3) is 0.368. The van der Waals surface area contributed by atoms with Gasteiger partial charge in [0, 0.05) is 23.8 Å². The summed E-state index contributed by atoms with van der Waals surface area (Å²) in [6, 6.07) is 13.8. The van der Waals surface area contributed by atoms with Crippen molar-refractivity contribution >= 4 is 5.69 Å². The lowest BCUT2D eigenvalue weighted by molar-refractivity contribution is -0.0382. The smallest absolute Gasteiger partial charge is 0.119 e. The van der Waals surface area contributed by atoms with Gasteiger partial charge in [-0.3, -0.25) is 0 Å². The minimum absolute atomic E-state index is 0.0717. The third-order valence-corrected chi connectivity index (χ3v) is 4.90. The van der Waals surface area contributed by atoms with E-state index in [0.29, 0.717) is 11.7 Å². The molecule has 0 aromatic heterocycles. The van der Waals surface area contributed by atoms with Gasteiger partial charge < -0.3 is 19.9 Å². The number of rotatable bonds is 2. The number of benzene rings is 2. The fourth-order valence-electron chi connectivity index (χ4n) is 3.82. The number of phenolic OH excluding ortho intramolecular Hbond substituents is 1. The van der Waals surface area contributed by atoms with Crippen LogP contribution in [0.25, 0.3) is 0 Å². The molecule has 2 aliphatic rings. The molecule has 0 radical (unpaired) electrons. The molecule has 2 N–H and O–H groups in total. The molecule has 23 heavy (non-hydrogen) atoms. The van der Waals surface area contributed by atoms with Gasteiger partial charge in [-0.15, -0.1) is 0 Å². The summed E-state index contributed by atoms with van der Waals surface area (Å²) in [7, 11) is 1.69. The van der Waals surface area contributed by atoms with Crippen molar-refractivity contribution in [3.05, 3.63) is 53.6 Å². The van der Waals surface area contributed by atoms with Crippen molar-refractivity contribution in [1.29, 1.82) is 0 Å². The van der Waals surface area contributed by atoms with Crippen molar-refractivity contribution in [2.24, 2.45) is 5.92 Å². The van der Waals surface area contributed by atoms with Crippen LogP contribution in [0.4, 0.5) is 5.69 Å². The highest BCUT2D eigenvalue weighted by Gasteiger charge is 2.40. The van der Waals surface area contributed by atoms with E-state index in [-0.39, 0.29) is 12.1 Å². The van der Waals surface area contributed by atoms with Gasteiger partial charge in [0.05, 0.1) is 19.3 Å². The average Bonchev–Trinajstić information content (AvgIpc) is 2.60. The lowest BCUT2D eigenvalue weighted by atomic mass is 9.77. The Kier molecular flexibility index (Phi) is 3.62. The van der Waals surface area contributed by atoms with E-state index in [1.807, 2.05) is 18.2 Å². The first-order valence-corrected chi connectivity index (χ1v) is 8.11. The SMILES string of the molecule is COc1ccc2c(c1)C1OCCCC1C(c1cccc(O)c1)N2. The topological polar surface area (TPSA) is 50.7 Å². The maximum absolute atomic E-state index is 9.83. The van der Waals surface area contributed by atoms with Crippen LogP contribution in [0.1, 0.15) is 36.1 Å². The Morgan fingerprint density at radius 2 is 2.13 bits per heavy atom. The molecule has 0 bridgehead atoms. The van der Waals surface area contributed by atoms with Gasteiger partial charge in [0.1, 0.15) is 11.5 Å². The summed E-state index contributed by atoms with van der Waals surface area (Å²) in [5.74, 6) is 1.51. The average molecular weight is 311 g/mol. The maximum atomic E-state index is 9.83. The number of hydrogen-bond acceptors (Lipinski definition) is 4. The van der Waals surface area contributed by atoms with E-state index in [4.69, 9.17) is 9.47 Å². The van der Waals surface area contributed by atoms with Gasteiger partial charge in [-0.2, -0.15) is 0 Å². The first-order valence-electron chi connectivity index (χ1n) is 8.11. The number of nitrogens with one attached hydrogen (secondary N) is 1. The zero-order valence-corrected chi connectivity index (χ0v) is 13.2. The third kappa shape index (κ3) is 2.53. The molecule has 0 aliphatic carbocycles. The van der Waals surface area contributed by atoms with Crippen molar-refractivity contribution in [3.63, 3.8) is 0 Å². The van der Waals surface area contributed by atoms with Crippen molar-refractivity contribution in [3.8, 4) is 11.5 Å². The number of phenols is 1. The minimum Gasteiger partial charge on any atom is -0.508 e. The zero-order chi connectivity index (χ0) is 15.8. The molecule has 3 atom stereocenters. The normalized spacial score (nSPS) is 25.9. The van der Waals surface area contributed by atoms with Gasteiger partial charge in [-0.25, -0.2) is 0 Å². The summed E-state index contributed by atoms with van der Waals surface area (Å²) in [4.78, 5) is 0. The molecule has 1 fully saturated rings. The van der Waals surface area contributed by atoms with E-state index >= 15 is 0 Å². The third-order valence-electron chi connectivity index (χ3n) is 4.90. The summed E-state index contributed by atoms with van der Waals surface area (Å²) in [5.41, 5.74) is 3.36. The largest absolute Gasteiger partial charge is 0.508 e. The highest BCUT2D eigenvalue weighted by Crippen LogP contribution is 2.49. The minimum atomic E-state index is 0.0717. The van der Waals surface area contributed by atoms with Gasteiger partial charge in [-0.05, 0) is 48.7 Å². The first kappa shape index (κ1) is 14.4. The Balaban J connectivity index is 1.77. The van der Waals surface area contributed by atoms with Crippen LogP contribution < -0.4 is 10.1 Å². The zero-order valence-electron chi connectivity index (χ0n) is 13.2. The molecular weight excluding hydrogens is 290 g/mol. The lowest BCUT2D eigenvalue weighted by Gasteiger charge is -2.43. The summed E-state index contributed by atoms with van der Waals surface area (Å²) in [5, 5.41) is 13.5. The van der Waals surface area contributed by atoms with Crippen molar-refractivity contribution in [2.75, 3.05) is 19.0 Å². The van der Waals surface area contributed by atoms with Crippen LogP contribution in [0.2, 0.25) is 0 Å². The fourth-order valence-corrected chi connectivity index (χ4v) is 3.82.